The molecule has 0 aliphatic carbocycles. The first-order valence-electron chi connectivity index (χ1n) is 34.7. The fraction of sp³-hybridized carbons (Fsp3) is 0.680. The quantitative estimate of drug-likeness (QED) is 0.0264. The molecule has 2 atom stereocenters. The largest absolute Gasteiger partial charge is 0.472 e. The van der Waals surface area contributed by atoms with Gasteiger partial charge in [-0.1, -0.05) is 302 Å². The zero-order chi connectivity index (χ0) is 61.6. The second-order valence-corrected chi connectivity index (χ2v) is 24.1. The zero-order valence-corrected chi connectivity index (χ0v) is 55.4. The van der Waals surface area contributed by atoms with Gasteiger partial charge in [-0.2, -0.15) is 0 Å². The molecule has 0 aromatic carbocycles. The Labute approximate surface area is 523 Å². The number of carbonyl (C=O) groups is 2. The van der Waals surface area contributed by atoms with Crippen molar-refractivity contribution < 1.29 is 37.6 Å². The summed E-state index contributed by atoms with van der Waals surface area (Å²) in [6.45, 7) is 3.60. The Balaban J connectivity index is 4.00. The van der Waals surface area contributed by atoms with Gasteiger partial charge < -0.3 is 20.1 Å². The Bertz CT molecular complexity index is 1860. The van der Waals surface area contributed by atoms with Crippen LogP contribution in [0.1, 0.15) is 296 Å². The number of unbranched alkanes of at least 4 members (excludes halogenated alkanes) is 29. The van der Waals surface area contributed by atoms with E-state index in [0.717, 1.165) is 96.3 Å². The molecule has 0 heterocycles. The van der Waals surface area contributed by atoms with Crippen LogP contribution in [0.15, 0.2) is 134 Å². The molecule has 10 heteroatoms. The van der Waals surface area contributed by atoms with E-state index in [1.54, 1.807) is 0 Å². The molecule has 0 fully saturated rings. The second kappa shape index (κ2) is 69.3. The summed E-state index contributed by atoms with van der Waals surface area (Å²) in [4.78, 5) is 35.3. The molecule has 0 aliphatic heterocycles. The summed E-state index contributed by atoms with van der Waals surface area (Å²) in [5.74, 6) is -0.879. The standard InChI is InChI=1S/C75H128NO8P/c1-3-5-7-9-11-13-15-17-19-21-23-25-27-29-31-33-35-36-38-40-42-44-46-48-50-52-54-56-58-60-62-64-66-68-75(78)84-73(72-83-85(79,80)82-70-69-76)71-81-74(77)67-65-63-61-59-57-55-53-51-49-47-45-43-41-39-37-34-32-30-28-26-24-22-20-18-16-14-12-10-8-6-4-2/h5,7,11,13,17,19,22-25,29,31,35-36,40,42,46,48,52,54,58,60,73H,3-4,6,8-10,12,14-16,18,20-21,26-28,30,32-34,37-39,41,43-45,47,49-51,53,55-57,59,61-72,76H2,1-2H3,(H,79,80)/b7-5-,13-11-,19-17-,24-22-,25-23-,31-29-,36-35-,42-40-,48-46-,54-52-,60-58-. The number of esters is 2. The van der Waals surface area contributed by atoms with Gasteiger partial charge in [-0.3, -0.25) is 18.6 Å². The number of ether oxygens (including phenoxy) is 2. The minimum atomic E-state index is -4.41. The van der Waals surface area contributed by atoms with E-state index >= 15 is 0 Å². The van der Waals surface area contributed by atoms with Crippen LogP contribution in [0.25, 0.3) is 0 Å². The van der Waals surface area contributed by atoms with Crippen LogP contribution in [0.4, 0.5) is 0 Å². The number of hydrogen-bond acceptors (Lipinski definition) is 8. The molecule has 0 saturated carbocycles. The van der Waals surface area contributed by atoms with Crippen molar-refractivity contribution in [3.8, 4) is 0 Å². The third-order valence-electron chi connectivity index (χ3n) is 14.5. The molecule has 0 amide bonds. The summed E-state index contributed by atoms with van der Waals surface area (Å²) in [5, 5.41) is 0. The van der Waals surface area contributed by atoms with Crippen molar-refractivity contribution in [1.82, 2.24) is 0 Å². The maximum Gasteiger partial charge on any atom is 0.472 e. The van der Waals surface area contributed by atoms with E-state index in [2.05, 4.69) is 148 Å². The molecular formula is C75H128NO8P. The zero-order valence-electron chi connectivity index (χ0n) is 54.5. The van der Waals surface area contributed by atoms with E-state index in [1.165, 1.54) is 167 Å². The fourth-order valence-corrected chi connectivity index (χ4v) is 10.2. The van der Waals surface area contributed by atoms with E-state index < -0.39 is 32.5 Å². The minimum Gasteiger partial charge on any atom is -0.462 e. The van der Waals surface area contributed by atoms with E-state index in [4.69, 9.17) is 24.3 Å². The predicted molar refractivity (Wildman–Crippen MR) is 367 cm³/mol. The van der Waals surface area contributed by atoms with E-state index in [0.29, 0.717) is 6.42 Å². The first-order valence-corrected chi connectivity index (χ1v) is 36.2. The Morgan fingerprint density at radius 2 is 0.647 bits per heavy atom. The van der Waals surface area contributed by atoms with Gasteiger partial charge in [-0.25, -0.2) is 4.57 Å². The van der Waals surface area contributed by atoms with Gasteiger partial charge in [0.1, 0.15) is 6.61 Å². The normalized spacial score (nSPS) is 13.8. The summed E-state index contributed by atoms with van der Waals surface area (Å²) in [5.41, 5.74) is 5.39. The first kappa shape index (κ1) is 81.2. The van der Waals surface area contributed by atoms with Crippen molar-refractivity contribution in [2.24, 2.45) is 5.73 Å². The van der Waals surface area contributed by atoms with Crippen LogP contribution in [-0.4, -0.2) is 49.3 Å². The van der Waals surface area contributed by atoms with Crippen LogP contribution in [0.5, 0.6) is 0 Å². The maximum absolute atomic E-state index is 12.7. The Hall–Kier alpha value is -3.85. The van der Waals surface area contributed by atoms with Gasteiger partial charge in [0.2, 0.25) is 0 Å². The minimum absolute atomic E-state index is 0.0402. The van der Waals surface area contributed by atoms with Gasteiger partial charge in [0.05, 0.1) is 13.2 Å². The lowest BCUT2D eigenvalue weighted by molar-refractivity contribution is -0.161. The molecule has 0 radical (unpaired) electrons. The molecule has 2 unspecified atom stereocenters. The van der Waals surface area contributed by atoms with Gasteiger partial charge in [-0.15, -0.1) is 0 Å². The highest BCUT2D eigenvalue weighted by Crippen LogP contribution is 2.43. The smallest absolute Gasteiger partial charge is 0.462 e. The molecule has 0 spiro atoms. The van der Waals surface area contributed by atoms with E-state index in [1.807, 2.05) is 0 Å². The summed E-state index contributed by atoms with van der Waals surface area (Å²) in [6, 6.07) is 0. The monoisotopic (exact) mass is 1200 g/mol. The molecule has 0 aromatic heterocycles. The number of phosphoric ester groups is 1. The molecule has 0 rings (SSSR count). The number of carbonyl (C=O) groups excluding carboxylic acids is 2. The molecule has 3 N–H and O–H groups in total. The summed E-state index contributed by atoms with van der Waals surface area (Å²) in [7, 11) is -4.41. The van der Waals surface area contributed by atoms with Gasteiger partial charge in [0.15, 0.2) is 6.10 Å². The van der Waals surface area contributed by atoms with Crippen molar-refractivity contribution in [2.75, 3.05) is 26.4 Å². The lowest BCUT2D eigenvalue weighted by Gasteiger charge is -2.19. The third kappa shape index (κ3) is 69.1. The third-order valence-corrected chi connectivity index (χ3v) is 15.5. The maximum atomic E-state index is 12.7. The van der Waals surface area contributed by atoms with Crippen LogP contribution in [0, 0.1) is 0 Å². The van der Waals surface area contributed by atoms with Crippen molar-refractivity contribution >= 4 is 19.8 Å². The van der Waals surface area contributed by atoms with E-state index in [9.17, 15) is 19.0 Å². The number of allylic oxidation sites excluding steroid dienone is 22. The van der Waals surface area contributed by atoms with Crippen molar-refractivity contribution in [2.45, 2.75) is 302 Å². The highest BCUT2D eigenvalue weighted by atomic mass is 31.2. The summed E-state index contributed by atoms with van der Waals surface area (Å²) in [6.07, 6.45) is 98.3. The lowest BCUT2D eigenvalue weighted by Crippen LogP contribution is -2.29. The second-order valence-electron chi connectivity index (χ2n) is 22.7. The molecule has 85 heavy (non-hydrogen) atoms. The number of phosphoric acid groups is 1. The molecule has 0 aromatic rings. The Kier molecular flexibility index (Phi) is 66.1. The van der Waals surface area contributed by atoms with Crippen molar-refractivity contribution in [3.05, 3.63) is 134 Å². The summed E-state index contributed by atoms with van der Waals surface area (Å²) >= 11 is 0. The topological polar surface area (TPSA) is 134 Å². The molecule has 0 bridgehead atoms. The molecule has 9 nitrogen and oxygen atoms in total. The van der Waals surface area contributed by atoms with Crippen molar-refractivity contribution in [1.29, 1.82) is 0 Å². The first-order chi connectivity index (χ1) is 41.8. The van der Waals surface area contributed by atoms with Crippen LogP contribution in [0.3, 0.4) is 0 Å². The Morgan fingerprint density at radius 1 is 0.365 bits per heavy atom. The Morgan fingerprint density at radius 3 is 1.00 bits per heavy atom. The highest BCUT2D eigenvalue weighted by Gasteiger charge is 2.26. The fourth-order valence-electron chi connectivity index (χ4n) is 9.43. The van der Waals surface area contributed by atoms with Crippen LogP contribution in [-0.2, 0) is 32.7 Å². The average molecular weight is 1200 g/mol. The highest BCUT2D eigenvalue weighted by molar-refractivity contribution is 7.47. The van der Waals surface area contributed by atoms with Gasteiger partial charge in [-0.05, 0) is 116 Å². The van der Waals surface area contributed by atoms with Crippen molar-refractivity contribution in [3.63, 3.8) is 0 Å². The summed E-state index contributed by atoms with van der Waals surface area (Å²) < 4.78 is 33.1. The average Bonchev–Trinajstić information content (AvgIpc) is 3.52. The number of hydrogen-bond donors (Lipinski definition) is 2. The van der Waals surface area contributed by atoms with Crippen LogP contribution >= 0.6 is 7.82 Å². The molecule has 0 aliphatic rings. The SMILES string of the molecule is CC/C=C\C/C=C\C/C=C\C/C=C\C/C=C\C/C=C\C/C=C\C/C=C\C/C=C\C/C=C\CCCCC(=O)OC(COC(=O)CCCCCCCCCCCCCCCCCCCCC/C=C\CCCCCCCCCC)COP(=O)(O)OCCN. The van der Waals surface area contributed by atoms with Gasteiger partial charge >= 0.3 is 19.8 Å². The molecule has 486 valence electrons. The lowest BCUT2D eigenvalue weighted by atomic mass is 10.0. The number of rotatable bonds is 64. The molecule has 0 saturated heterocycles. The van der Waals surface area contributed by atoms with E-state index in [-0.39, 0.29) is 32.6 Å². The van der Waals surface area contributed by atoms with Gasteiger partial charge in [0.25, 0.3) is 0 Å². The van der Waals surface area contributed by atoms with Gasteiger partial charge in [0, 0.05) is 19.4 Å². The van der Waals surface area contributed by atoms with Crippen LogP contribution < -0.4 is 5.73 Å². The van der Waals surface area contributed by atoms with Crippen LogP contribution in [0.2, 0.25) is 0 Å². The number of nitrogens with two attached hydrogens (primary N) is 1. The molecular weight excluding hydrogens is 1070 g/mol. The predicted octanol–water partition coefficient (Wildman–Crippen LogP) is 22.9.